The molecular weight excluding hydrogens is 460 g/mol. The molecule has 13 heteroatoms. The number of nitrogens with zero attached hydrogens (tertiary/aromatic N) is 2. The first-order chi connectivity index (χ1) is 14.9. The van der Waals surface area contributed by atoms with Crippen molar-refractivity contribution in [3.63, 3.8) is 0 Å². The van der Waals surface area contributed by atoms with E-state index in [1.165, 1.54) is 23.5 Å². The molecule has 1 amide bonds. The van der Waals surface area contributed by atoms with E-state index in [1.54, 1.807) is 0 Å². The third-order valence-corrected chi connectivity index (χ3v) is 7.83. The van der Waals surface area contributed by atoms with E-state index in [2.05, 4.69) is 4.74 Å². The number of ether oxygens (including phenoxy) is 2. The number of likely N-dealkylation sites (tertiary alicyclic amines) is 1. The van der Waals surface area contributed by atoms with Gasteiger partial charge in [0.2, 0.25) is 16.1 Å². The van der Waals surface area contributed by atoms with Crippen LogP contribution in [-0.4, -0.2) is 86.1 Å². The van der Waals surface area contributed by atoms with E-state index in [-0.39, 0.29) is 24.6 Å². The number of likely N-dealkylation sites (N-methyl/N-ethyl adjacent to an activating group) is 1. The van der Waals surface area contributed by atoms with Gasteiger partial charge in [0.15, 0.2) is 0 Å². The summed E-state index contributed by atoms with van der Waals surface area (Å²) in [5.41, 5.74) is -0.714. The first-order valence-corrected chi connectivity index (χ1v) is 11.3. The van der Waals surface area contributed by atoms with Crippen LogP contribution in [0.3, 0.4) is 0 Å². The standard InChI is InChI=1S/C19H24F4N2O6S/c1-24(32(28,29)15-4-2-13(20)3-5-15)14-10-18(30-12-14)6-8-25(9-7-18)17(27)31-16(11-26)19(21,22)23/h2-5,14,16,26H,6-12H2,1H3/t14-,16-/m1/s1. The molecule has 0 radical (unpaired) electrons. The molecule has 0 unspecified atom stereocenters. The van der Waals surface area contributed by atoms with Crippen molar-refractivity contribution in [2.24, 2.45) is 0 Å². The number of piperidine rings is 1. The van der Waals surface area contributed by atoms with Crippen molar-refractivity contribution in [2.75, 3.05) is 33.4 Å². The Kier molecular flexibility index (Phi) is 7.03. The summed E-state index contributed by atoms with van der Waals surface area (Å²) in [5, 5.41) is 8.81. The number of carbonyl (C=O) groups is 1. The van der Waals surface area contributed by atoms with E-state index in [9.17, 15) is 30.8 Å². The highest BCUT2D eigenvalue weighted by Crippen LogP contribution is 2.39. The normalized spacial score (nSPS) is 22.3. The van der Waals surface area contributed by atoms with Gasteiger partial charge in [-0.3, -0.25) is 0 Å². The largest absolute Gasteiger partial charge is 0.434 e. The molecule has 3 rings (SSSR count). The average Bonchev–Trinajstić information content (AvgIpc) is 3.14. The van der Waals surface area contributed by atoms with Gasteiger partial charge in [-0.15, -0.1) is 0 Å². The predicted molar refractivity (Wildman–Crippen MR) is 103 cm³/mol. The molecule has 1 aromatic carbocycles. The van der Waals surface area contributed by atoms with Crippen molar-refractivity contribution in [3.8, 4) is 0 Å². The van der Waals surface area contributed by atoms with Crippen LogP contribution in [0.4, 0.5) is 22.4 Å². The molecule has 0 aromatic heterocycles. The summed E-state index contributed by atoms with van der Waals surface area (Å²) in [6.45, 7) is -1.12. The molecule has 32 heavy (non-hydrogen) atoms. The number of alkyl halides is 3. The fourth-order valence-corrected chi connectivity index (χ4v) is 5.21. The lowest BCUT2D eigenvalue weighted by atomic mass is 9.87. The van der Waals surface area contributed by atoms with Gasteiger partial charge in [0.25, 0.3) is 0 Å². The number of rotatable bonds is 5. The summed E-state index contributed by atoms with van der Waals surface area (Å²) in [4.78, 5) is 13.1. The molecule has 1 spiro atoms. The van der Waals surface area contributed by atoms with Crippen molar-refractivity contribution in [3.05, 3.63) is 30.1 Å². The number of amides is 1. The van der Waals surface area contributed by atoms with Crippen molar-refractivity contribution < 1.29 is 45.4 Å². The summed E-state index contributed by atoms with van der Waals surface area (Å²) < 4.78 is 88.3. The third-order valence-electron chi connectivity index (χ3n) is 5.90. The van der Waals surface area contributed by atoms with Crippen LogP contribution in [0.2, 0.25) is 0 Å². The second-order valence-corrected chi connectivity index (χ2v) is 9.91. The maximum Gasteiger partial charge on any atom is 0.427 e. The highest BCUT2D eigenvalue weighted by atomic mass is 32.2. The fraction of sp³-hybridized carbons (Fsp3) is 0.632. The minimum Gasteiger partial charge on any atom is -0.434 e. The monoisotopic (exact) mass is 484 g/mol. The lowest BCUT2D eigenvalue weighted by Gasteiger charge is -2.38. The van der Waals surface area contributed by atoms with Gasteiger partial charge >= 0.3 is 12.3 Å². The van der Waals surface area contributed by atoms with Crippen LogP contribution in [0.15, 0.2) is 29.2 Å². The highest BCUT2D eigenvalue weighted by Gasteiger charge is 2.48. The summed E-state index contributed by atoms with van der Waals surface area (Å²) >= 11 is 0. The SMILES string of the molecule is CN([C@H]1COC2(CCN(C(=O)O[C@H](CO)C(F)(F)F)CC2)C1)S(=O)(=O)c1ccc(F)cc1. The quantitative estimate of drug-likeness (QED) is 0.644. The lowest BCUT2D eigenvalue weighted by Crippen LogP contribution is -2.49. The molecule has 2 saturated heterocycles. The second kappa shape index (κ2) is 9.12. The number of hydrogen-bond acceptors (Lipinski definition) is 6. The molecule has 8 nitrogen and oxygen atoms in total. The summed E-state index contributed by atoms with van der Waals surface area (Å²) in [7, 11) is -2.47. The highest BCUT2D eigenvalue weighted by molar-refractivity contribution is 7.89. The first-order valence-electron chi connectivity index (χ1n) is 9.89. The number of aliphatic hydroxyl groups is 1. The molecule has 180 valence electrons. The number of aliphatic hydroxyl groups excluding tert-OH is 1. The fourth-order valence-electron chi connectivity index (χ4n) is 3.87. The molecule has 0 bridgehead atoms. The Bertz CT molecular complexity index is 917. The Morgan fingerprint density at radius 1 is 1.31 bits per heavy atom. The number of benzene rings is 1. The zero-order chi connectivity index (χ0) is 23.7. The van der Waals surface area contributed by atoms with Crippen LogP contribution in [0.25, 0.3) is 0 Å². The van der Waals surface area contributed by atoms with Crippen molar-refractivity contribution in [2.45, 2.75) is 48.1 Å². The van der Waals surface area contributed by atoms with Gasteiger partial charge in [0.05, 0.1) is 29.8 Å². The van der Waals surface area contributed by atoms with Gasteiger partial charge in [-0.05, 0) is 43.5 Å². The molecule has 2 atom stereocenters. The molecule has 2 aliphatic rings. The van der Waals surface area contributed by atoms with Crippen LogP contribution < -0.4 is 0 Å². The number of halogens is 4. The molecule has 0 aliphatic carbocycles. The number of sulfonamides is 1. The maximum atomic E-state index is 13.1. The van der Waals surface area contributed by atoms with E-state index in [4.69, 9.17) is 9.84 Å². The molecule has 2 aliphatic heterocycles. The molecular formula is C19H24F4N2O6S. The Morgan fingerprint density at radius 2 is 1.91 bits per heavy atom. The van der Waals surface area contributed by atoms with Gasteiger partial charge in [-0.2, -0.15) is 17.5 Å². The van der Waals surface area contributed by atoms with Crippen molar-refractivity contribution in [1.82, 2.24) is 9.21 Å². The molecule has 1 aromatic rings. The Labute approximate surface area is 182 Å². The molecule has 2 fully saturated rings. The zero-order valence-corrected chi connectivity index (χ0v) is 18.0. The van der Waals surface area contributed by atoms with E-state index < -0.39 is 52.5 Å². The van der Waals surface area contributed by atoms with E-state index >= 15 is 0 Å². The molecule has 0 saturated carbocycles. The van der Waals surface area contributed by atoms with Gasteiger partial charge in [-0.25, -0.2) is 17.6 Å². The Morgan fingerprint density at radius 3 is 2.44 bits per heavy atom. The van der Waals surface area contributed by atoms with Crippen molar-refractivity contribution in [1.29, 1.82) is 0 Å². The van der Waals surface area contributed by atoms with Gasteiger partial charge in [0, 0.05) is 20.1 Å². The van der Waals surface area contributed by atoms with Gasteiger partial charge < -0.3 is 19.5 Å². The first kappa shape index (κ1) is 24.7. The summed E-state index contributed by atoms with van der Waals surface area (Å²) in [6, 6.07) is 3.98. The van der Waals surface area contributed by atoms with Crippen LogP contribution in [0, 0.1) is 5.82 Å². The van der Waals surface area contributed by atoms with E-state index in [0.29, 0.717) is 19.3 Å². The van der Waals surface area contributed by atoms with Crippen LogP contribution in [0.1, 0.15) is 19.3 Å². The predicted octanol–water partition coefficient (Wildman–Crippen LogP) is 2.13. The average molecular weight is 484 g/mol. The maximum absolute atomic E-state index is 13.1. The third kappa shape index (κ3) is 5.16. The summed E-state index contributed by atoms with van der Waals surface area (Å²) in [6.07, 6.45) is -7.72. The Balaban J connectivity index is 1.59. The smallest absolute Gasteiger partial charge is 0.427 e. The lowest BCUT2D eigenvalue weighted by molar-refractivity contribution is -0.215. The van der Waals surface area contributed by atoms with Crippen LogP contribution >= 0.6 is 0 Å². The van der Waals surface area contributed by atoms with Gasteiger partial charge in [0.1, 0.15) is 5.82 Å². The van der Waals surface area contributed by atoms with E-state index in [0.717, 1.165) is 17.0 Å². The Hall–Kier alpha value is -1.96. The molecule has 1 N–H and O–H groups in total. The number of carbonyl (C=O) groups excluding carboxylic acids is 1. The van der Waals surface area contributed by atoms with Crippen LogP contribution in [0.5, 0.6) is 0 Å². The van der Waals surface area contributed by atoms with Crippen LogP contribution in [-0.2, 0) is 19.5 Å². The minimum atomic E-state index is -4.87. The molecule has 2 heterocycles. The van der Waals surface area contributed by atoms with E-state index in [1.807, 2.05) is 0 Å². The van der Waals surface area contributed by atoms with Crippen molar-refractivity contribution >= 4 is 16.1 Å². The minimum absolute atomic E-state index is 0.0528. The second-order valence-electron chi connectivity index (χ2n) is 7.91. The topological polar surface area (TPSA) is 96.4 Å². The van der Waals surface area contributed by atoms with Gasteiger partial charge in [-0.1, -0.05) is 0 Å². The summed E-state index contributed by atoms with van der Waals surface area (Å²) in [5.74, 6) is -0.555. The number of hydrogen-bond donors (Lipinski definition) is 1. The zero-order valence-electron chi connectivity index (χ0n) is 17.2.